The number of nitrogens with one attached hydrogen (secondary N) is 1. The molecule has 8 heteroatoms. The highest BCUT2D eigenvalue weighted by atomic mass is 35.5. The number of hydrogen-bond acceptors (Lipinski definition) is 6. The van der Waals surface area contributed by atoms with Gasteiger partial charge in [0.25, 0.3) is 5.91 Å². The third kappa shape index (κ3) is 4.66. The van der Waals surface area contributed by atoms with E-state index in [-0.39, 0.29) is 5.91 Å². The number of benzene rings is 2. The molecule has 0 bridgehead atoms. The summed E-state index contributed by atoms with van der Waals surface area (Å²) in [6.45, 7) is 2.11. The van der Waals surface area contributed by atoms with E-state index in [1.807, 2.05) is 24.3 Å². The van der Waals surface area contributed by atoms with Crippen molar-refractivity contribution in [1.29, 1.82) is 0 Å². The van der Waals surface area contributed by atoms with Gasteiger partial charge >= 0.3 is 0 Å². The Hall–Kier alpha value is -3.06. The second kappa shape index (κ2) is 8.98. The van der Waals surface area contributed by atoms with Gasteiger partial charge in [-0.05, 0) is 48.7 Å². The Morgan fingerprint density at radius 1 is 1.16 bits per heavy atom. The minimum atomic E-state index is -0.605. The van der Waals surface area contributed by atoms with Crippen LogP contribution >= 0.6 is 11.6 Å². The number of methoxy groups -OCH3 is 1. The third-order valence-corrected chi connectivity index (χ3v) is 5.75. The van der Waals surface area contributed by atoms with Crippen molar-refractivity contribution in [2.75, 3.05) is 7.11 Å². The smallest absolute Gasteiger partial charge is 0.252 e. The van der Waals surface area contributed by atoms with E-state index in [0.717, 1.165) is 31.2 Å². The maximum absolute atomic E-state index is 13.1. The van der Waals surface area contributed by atoms with Crippen LogP contribution in [0.25, 0.3) is 0 Å². The highest BCUT2D eigenvalue weighted by Crippen LogP contribution is 2.38. The van der Waals surface area contributed by atoms with Crippen molar-refractivity contribution in [3.8, 4) is 11.5 Å². The standard InChI is InChI=1S/C23H24ClN3O4/c1-15-25-22(27-31-15)23(11-3-4-12-23)26-21(28)17-7-10-19(20(13-17)29-2)30-14-16-5-8-18(24)9-6-16/h5-10,13H,3-4,11-12,14H2,1-2H3,(H,26,28). The monoisotopic (exact) mass is 441 g/mol. The van der Waals surface area contributed by atoms with Gasteiger partial charge in [-0.1, -0.05) is 41.7 Å². The number of aromatic nitrogens is 2. The zero-order valence-corrected chi connectivity index (χ0v) is 18.2. The summed E-state index contributed by atoms with van der Waals surface area (Å²) in [4.78, 5) is 17.4. The van der Waals surface area contributed by atoms with Crippen LogP contribution in [0.4, 0.5) is 0 Å². The lowest BCUT2D eigenvalue weighted by Crippen LogP contribution is -2.44. The summed E-state index contributed by atoms with van der Waals surface area (Å²) in [7, 11) is 1.55. The molecule has 1 aliphatic carbocycles. The molecule has 1 saturated carbocycles. The number of carbonyl (C=O) groups excluding carboxylic acids is 1. The molecule has 1 aliphatic rings. The molecule has 0 saturated heterocycles. The van der Waals surface area contributed by atoms with Crippen LogP contribution in [0, 0.1) is 6.92 Å². The number of rotatable bonds is 7. The van der Waals surface area contributed by atoms with E-state index < -0.39 is 5.54 Å². The number of ether oxygens (including phenoxy) is 2. The number of hydrogen-bond donors (Lipinski definition) is 1. The van der Waals surface area contributed by atoms with Crippen molar-refractivity contribution in [3.05, 3.63) is 70.3 Å². The van der Waals surface area contributed by atoms with Crippen LogP contribution in [0.3, 0.4) is 0 Å². The first-order valence-corrected chi connectivity index (χ1v) is 10.6. The van der Waals surface area contributed by atoms with Crippen LogP contribution in [-0.4, -0.2) is 23.2 Å². The first-order chi connectivity index (χ1) is 15.0. The Balaban J connectivity index is 1.50. The largest absolute Gasteiger partial charge is 0.493 e. The van der Waals surface area contributed by atoms with E-state index in [9.17, 15) is 4.79 Å². The van der Waals surface area contributed by atoms with E-state index >= 15 is 0 Å². The fraction of sp³-hybridized carbons (Fsp3) is 0.348. The average molecular weight is 442 g/mol. The van der Waals surface area contributed by atoms with E-state index in [0.29, 0.717) is 40.4 Å². The van der Waals surface area contributed by atoms with Crippen LogP contribution in [-0.2, 0) is 12.1 Å². The zero-order chi connectivity index (χ0) is 21.8. The van der Waals surface area contributed by atoms with Gasteiger partial charge in [0.2, 0.25) is 5.89 Å². The predicted octanol–water partition coefficient (Wildman–Crippen LogP) is 4.82. The molecule has 0 spiro atoms. The topological polar surface area (TPSA) is 86.5 Å². The van der Waals surface area contributed by atoms with Crippen molar-refractivity contribution >= 4 is 17.5 Å². The zero-order valence-electron chi connectivity index (χ0n) is 17.5. The van der Waals surface area contributed by atoms with Crippen LogP contribution in [0.1, 0.15) is 53.3 Å². The fourth-order valence-corrected chi connectivity index (χ4v) is 3.96. The molecule has 0 aliphatic heterocycles. The average Bonchev–Trinajstić information content (AvgIpc) is 3.43. The minimum Gasteiger partial charge on any atom is -0.493 e. The Kier molecular flexibility index (Phi) is 6.13. The maximum atomic E-state index is 13.1. The summed E-state index contributed by atoms with van der Waals surface area (Å²) in [5, 5.41) is 7.88. The van der Waals surface area contributed by atoms with E-state index in [1.165, 1.54) is 0 Å². The number of amides is 1. The van der Waals surface area contributed by atoms with Crippen LogP contribution in [0.5, 0.6) is 11.5 Å². The molecule has 4 rings (SSSR count). The molecule has 0 unspecified atom stereocenters. The van der Waals surface area contributed by atoms with E-state index in [2.05, 4.69) is 15.5 Å². The molecule has 3 aromatic rings. The lowest BCUT2D eigenvalue weighted by atomic mass is 9.96. The number of nitrogens with zero attached hydrogens (tertiary/aromatic N) is 2. The third-order valence-electron chi connectivity index (χ3n) is 5.50. The summed E-state index contributed by atoms with van der Waals surface area (Å²) in [6.07, 6.45) is 3.54. The van der Waals surface area contributed by atoms with E-state index in [4.69, 9.17) is 25.6 Å². The van der Waals surface area contributed by atoms with Gasteiger partial charge < -0.3 is 19.3 Å². The minimum absolute atomic E-state index is 0.216. The Morgan fingerprint density at radius 3 is 2.55 bits per heavy atom. The molecule has 0 radical (unpaired) electrons. The molecule has 2 aromatic carbocycles. The molecule has 0 atom stereocenters. The molecule has 1 fully saturated rings. The van der Waals surface area contributed by atoms with Crippen molar-refractivity contribution in [2.24, 2.45) is 0 Å². The first-order valence-electron chi connectivity index (χ1n) is 10.2. The second-order valence-corrected chi connectivity index (χ2v) is 8.10. The molecule has 1 N–H and O–H groups in total. The van der Waals surface area contributed by atoms with Crippen molar-refractivity contribution in [1.82, 2.24) is 15.5 Å². The Bertz CT molecular complexity index is 1060. The predicted molar refractivity (Wildman–Crippen MR) is 115 cm³/mol. The SMILES string of the molecule is COc1cc(C(=O)NC2(c3noc(C)n3)CCCC2)ccc1OCc1ccc(Cl)cc1. The lowest BCUT2D eigenvalue weighted by molar-refractivity contribution is 0.0891. The summed E-state index contributed by atoms with van der Waals surface area (Å²) < 4.78 is 16.5. The number of aryl methyl sites for hydroxylation is 1. The van der Waals surface area contributed by atoms with Gasteiger partial charge in [-0.25, -0.2) is 0 Å². The molecule has 7 nitrogen and oxygen atoms in total. The fourth-order valence-electron chi connectivity index (χ4n) is 3.84. The highest BCUT2D eigenvalue weighted by Gasteiger charge is 2.41. The van der Waals surface area contributed by atoms with Gasteiger partial charge in [-0.3, -0.25) is 4.79 Å². The van der Waals surface area contributed by atoms with Crippen molar-refractivity contribution < 1.29 is 18.8 Å². The van der Waals surface area contributed by atoms with Crippen LogP contribution in [0.15, 0.2) is 47.0 Å². The number of carbonyl (C=O) groups is 1. The summed E-state index contributed by atoms with van der Waals surface area (Å²) in [5.74, 6) is 1.84. The Labute approximate surface area is 185 Å². The first kappa shape index (κ1) is 21.2. The second-order valence-electron chi connectivity index (χ2n) is 7.66. The normalized spacial score (nSPS) is 14.9. The molecule has 1 heterocycles. The Morgan fingerprint density at radius 2 is 1.90 bits per heavy atom. The number of halogens is 1. The van der Waals surface area contributed by atoms with Crippen LogP contribution < -0.4 is 14.8 Å². The quantitative estimate of drug-likeness (QED) is 0.565. The van der Waals surface area contributed by atoms with Gasteiger partial charge in [0, 0.05) is 17.5 Å². The molecular formula is C23H24ClN3O4. The molecule has 1 aromatic heterocycles. The summed E-state index contributed by atoms with van der Waals surface area (Å²) >= 11 is 5.92. The highest BCUT2D eigenvalue weighted by molar-refractivity contribution is 6.30. The van der Waals surface area contributed by atoms with Crippen LogP contribution in [0.2, 0.25) is 5.02 Å². The molecule has 31 heavy (non-hydrogen) atoms. The molecule has 1 amide bonds. The summed E-state index contributed by atoms with van der Waals surface area (Å²) in [6, 6.07) is 12.6. The van der Waals surface area contributed by atoms with Gasteiger partial charge in [-0.2, -0.15) is 4.98 Å². The molecule has 162 valence electrons. The van der Waals surface area contributed by atoms with Gasteiger partial charge in [0.15, 0.2) is 17.3 Å². The van der Waals surface area contributed by atoms with Crippen molar-refractivity contribution in [3.63, 3.8) is 0 Å². The van der Waals surface area contributed by atoms with Gasteiger partial charge in [0.1, 0.15) is 12.1 Å². The van der Waals surface area contributed by atoms with E-state index in [1.54, 1.807) is 32.2 Å². The molecular weight excluding hydrogens is 418 g/mol. The van der Waals surface area contributed by atoms with Gasteiger partial charge in [0.05, 0.1) is 7.11 Å². The van der Waals surface area contributed by atoms with Gasteiger partial charge in [-0.15, -0.1) is 0 Å². The summed E-state index contributed by atoms with van der Waals surface area (Å²) in [5.41, 5.74) is 0.847. The maximum Gasteiger partial charge on any atom is 0.252 e. The lowest BCUT2D eigenvalue weighted by Gasteiger charge is -2.27. The van der Waals surface area contributed by atoms with Crippen molar-refractivity contribution in [2.45, 2.75) is 44.8 Å².